The number of aromatic amines is 1. The van der Waals surface area contributed by atoms with E-state index < -0.39 is 0 Å². The van der Waals surface area contributed by atoms with Crippen molar-refractivity contribution in [2.24, 2.45) is 5.10 Å². The highest BCUT2D eigenvalue weighted by atomic mass is 32.1. The van der Waals surface area contributed by atoms with Gasteiger partial charge >= 0.3 is 0 Å². The van der Waals surface area contributed by atoms with Crippen LogP contribution in [0.25, 0.3) is 11.4 Å². The van der Waals surface area contributed by atoms with E-state index in [1.807, 2.05) is 48.5 Å². The molecule has 0 aliphatic carbocycles. The van der Waals surface area contributed by atoms with Crippen molar-refractivity contribution in [1.82, 2.24) is 14.9 Å². The van der Waals surface area contributed by atoms with Crippen LogP contribution in [0, 0.1) is 4.77 Å². The molecule has 6 nitrogen and oxygen atoms in total. The number of nitrogens with zero attached hydrogens (tertiary/aromatic N) is 3. The Bertz CT molecular complexity index is 896. The van der Waals surface area contributed by atoms with Crippen molar-refractivity contribution in [3.8, 4) is 22.9 Å². The second-order valence-corrected chi connectivity index (χ2v) is 5.30. The van der Waals surface area contributed by atoms with Crippen LogP contribution in [-0.2, 0) is 0 Å². The lowest BCUT2D eigenvalue weighted by molar-refractivity contribution is 0.414. The Morgan fingerprint density at radius 3 is 2.17 bits per heavy atom. The highest BCUT2D eigenvalue weighted by Crippen LogP contribution is 2.20. The molecule has 0 radical (unpaired) electrons. The first-order valence-electron chi connectivity index (χ1n) is 7.21. The van der Waals surface area contributed by atoms with Crippen LogP contribution in [0.3, 0.4) is 0 Å². The number of H-pyrrole nitrogens is 1. The molecule has 0 aliphatic heterocycles. The minimum Gasteiger partial charge on any atom is -0.497 e. The zero-order valence-electron chi connectivity index (χ0n) is 13.3. The molecule has 0 aliphatic rings. The molecule has 1 aromatic heterocycles. The molecular weight excluding hydrogens is 324 g/mol. The molecule has 0 spiro atoms. The van der Waals surface area contributed by atoms with Crippen molar-refractivity contribution in [3.63, 3.8) is 0 Å². The van der Waals surface area contributed by atoms with E-state index in [1.165, 1.54) is 0 Å². The summed E-state index contributed by atoms with van der Waals surface area (Å²) in [5.74, 6) is 2.21. The Labute approximate surface area is 144 Å². The van der Waals surface area contributed by atoms with Gasteiger partial charge < -0.3 is 9.47 Å². The molecule has 0 unspecified atom stereocenters. The molecule has 0 atom stereocenters. The zero-order valence-corrected chi connectivity index (χ0v) is 14.1. The molecular formula is C17H16N4O2S. The first-order chi connectivity index (χ1) is 11.7. The van der Waals surface area contributed by atoms with Gasteiger partial charge in [0, 0.05) is 5.56 Å². The summed E-state index contributed by atoms with van der Waals surface area (Å²) in [6.45, 7) is 0. The molecule has 1 heterocycles. The van der Waals surface area contributed by atoms with E-state index in [9.17, 15) is 0 Å². The highest BCUT2D eigenvalue weighted by molar-refractivity contribution is 7.71. The van der Waals surface area contributed by atoms with Crippen molar-refractivity contribution < 1.29 is 9.47 Å². The molecule has 0 saturated carbocycles. The molecule has 122 valence electrons. The quantitative estimate of drug-likeness (QED) is 0.570. The lowest BCUT2D eigenvalue weighted by Gasteiger charge is -2.03. The third-order valence-corrected chi connectivity index (χ3v) is 3.70. The standard InChI is InChI=1S/C17H16N4O2S/c1-22-14-7-3-12(4-8-14)11-18-21-16(19-20-17(21)24)13-5-9-15(23-2)10-6-13/h3-11H,1-2H3,(H,20,24). The van der Waals surface area contributed by atoms with Gasteiger partial charge in [0.05, 0.1) is 20.4 Å². The van der Waals surface area contributed by atoms with Gasteiger partial charge in [0.25, 0.3) is 0 Å². The Kier molecular flexibility index (Phi) is 4.72. The van der Waals surface area contributed by atoms with Crippen LogP contribution in [0.1, 0.15) is 5.56 Å². The van der Waals surface area contributed by atoms with E-state index in [0.29, 0.717) is 10.6 Å². The third-order valence-electron chi connectivity index (χ3n) is 3.44. The minimum absolute atomic E-state index is 0.422. The van der Waals surface area contributed by atoms with Crippen molar-refractivity contribution in [1.29, 1.82) is 0 Å². The molecule has 0 amide bonds. The number of hydrogen-bond acceptors (Lipinski definition) is 5. The predicted molar refractivity (Wildman–Crippen MR) is 95.4 cm³/mol. The summed E-state index contributed by atoms with van der Waals surface area (Å²) in [7, 11) is 3.26. The summed E-state index contributed by atoms with van der Waals surface area (Å²) >= 11 is 5.26. The lowest BCUT2D eigenvalue weighted by atomic mass is 10.2. The molecule has 3 aromatic rings. The van der Waals surface area contributed by atoms with Crippen molar-refractivity contribution in [2.45, 2.75) is 0 Å². The summed E-state index contributed by atoms with van der Waals surface area (Å²) in [5.41, 5.74) is 1.81. The zero-order chi connectivity index (χ0) is 16.9. The van der Waals surface area contributed by atoms with E-state index in [4.69, 9.17) is 21.7 Å². The van der Waals surface area contributed by atoms with Crippen LogP contribution in [0.4, 0.5) is 0 Å². The Morgan fingerprint density at radius 2 is 1.58 bits per heavy atom. The second-order valence-electron chi connectivity index (χ2n) is 4.91. The molecule has 0 saturated heterocycles. The summed E-state index contributed by atoms with van der Waals surface area (Å²) in [5, 5.41) is 11.5. The van der Waals surface area contributed by atoms with Crippen LogP contribution in [0.2, 0.25) is 0 Å². The topological polar surface area (TPSA) is 64.4 Å². The lowest BCUT2D eigenvalue weighted by Crippen LogP contribution is -1.95. The van der Waals surface area contributed by atoms with Crippen LogP contribution < -0.4 is 9.47 Å². The molecule has 3 rings (SSSR count). The third kappa shape index (κ3) is 3.36. The van der Waals surface area contributed by atoms with Gasteiger partial charge in [-0.2, -0.15) is 14.9 Å². The number of methoxy groups -OCH3 is 2. The predicted octanol–water partition coefficient (Wildman–Crippen LogP) is 3.51. The van der Waals surface area contributed by atoms with Gasteiger partial charge in [0.1, 0.15) is 11.5 Å². The number of rotatable bonds is 5. The monoisotopic (exact) mass is 340 g/mol. The Balaban J connectivity index is 1.91. The number of nitrogens with one attached hydrogen (secondary N) is 1. The fraction of sp³-hybridized carbons (Fsp3) is 0.118. The maximum Gasteiger partial charge on any atom is 0.216 e. The molecule has 2 aromatic carbocycles. The fourth-order valence-electron chi connectivity index (χ4n) is 2.14. The summed E-state index contributed by atoms with van der Waals surface area (Å²) in [4.78, 5) is 0. The Morgan fingerprint density at radius 1 is 1.00 bits per heavy atom. The molecule has 24 heavy (non-hydrogen) atoms. The van der Waals surface area contributed by atoms with Crippen molar-refractivity contribution in [2.75, 3.05) is 14.2 Å². The van der Waals surface area contributed by atoms with Gasteiger partial charge in [-0.25, -0.2) is 5.10 Å². The van der Waals surface area contributed by atoms with E-state index in [0.717, 1.165) is 22.6 Å². The van der Waals surface area contributed by atoms with Gasteiger partial charge in [-0.1, -0.05) is 0 Å². The van der Waals surface area contributed by atoms with E-state index in [2.05, 4.69) is 15.3 Å². The summed E-state index contributed by atoms with van der Waals surface area (Å²) in [6.07, 6.45) is 1.72. The number of hydrogen-bond donors (Lipinski definition) is 1. The van der Waals surface area contributed by atoms with Crippen LogP contribution in [0.15, 0.2) is 53.6 Å². The van der Waals surface area contributed by atoms with Crippen LogP contribution in [-0.4, -0.2) is 35.3 Å². The molecule has 1 N–H and O–H groups in total. The molecule has 7 heteroatoms. The van der Waals surface area contributed by atoms with E-state index in [-0.39, 0.29) is 0 Å². The summed E-state index contributed by atoms with van der Waals surface area (Å²) < 4.78 is 12.3. The van der Waals surface area contributed by atoms with Gasteiger partial charge in [-0.05, 0) is 66.3 Å². The largest absolute Gasteiger partial charge is 0.497 e. The first-order valence-corrected chi connectivity index (χ1v) is 7.62. The average molecular weight is 340 g/mol. The van der Waals surface area contributed by atoms with Gasteiger partial charge in [-0.15, -0.1) is 0 Å². The smallest absolute Gasteiger partial charge is 0.216 e. The van der Waals surface area contributed by atoms with Gasteiger partial charge in [-0.3, -0.25) is 0 Å². The van der Waals surface area contributed by atoms with Crippen molar-refractivity contribution in [3.05, 3.63) is 58.9 Å². The number of aromatic nitrogens is 3. The maximum absolute atomic E-state index is 5.26. The molecule has 0 bridgehead atoms. The summed E-state index contributed by atoms with van der Waals surface area (Å²) in [6, 6.07) is 15.1. The second kappa shape index (κ2) is 7.10. The van der Waals surface area contributed by atoms with E-state index in [1.54, 1.807) is 25.1 Å². The van der Waals surface area contributed by atoms with Crippen molar-refractivity contribution >= 4 is 18.4 Å². The fourth-order valence-corrected chi connectivity index (χ4v) is 2.32. The first kappa shape index (κ1) is 15.9. The maximum atomic E-state index is 5.26. The normalized spacial score (nSPS) is 10.9. The molecule has 0 fully saturated rings. The Hall–Kier alpha value is -2.93. The van der Waals surface area contributed by atoms with Gasteiger partial charge in [0.15, 0.2) is 5.82 Å². The van der Waals surface area contributed by atoms with E-state index >= 15 is 0 Å². The highest BCUT2D eigenvalue weighted by Gasteiger charge is 2.08. The van der Waals surface area contributed by atoms with Gasteiger partial charge in [0.2, 0.25) is 4.77 Å². The minimum atomic E-state index is 0.422. The average Bonchev–Trinajstić information content (AvgIpc) is 3.01. The SMILES string of the molecule is COc1ccc(C=Nn2c(-c3ccc(OC)cc3)n[nH]c2=S)cc1. The van der Waals surface area contributed by atoms with Crippen LogP contribution >= 0.6 is 12.2 Å². The number of benzene rings is 2. The number of ether oxygens (including phenoxy) is 2. The van der Waals surface area contributed by atoms with Crippen LogP contribution in [0.5, 0.6) is 11.5 Å².